The van der Waals surface area contributed by atoms with Crippen molar-refractivity contribution in [2.24, 2.45) is 0 Å². The molecule has 1 unspecified atom stereocenters. The highest BCUT2D eigenvalue weighted by atomic mass is 35.5. The summed E-state index contributed by atoms with van der Waals surface area (Å²) >= 11 is 6.02. The number of halogens is 4. The maximum absolute atomic E-state index is 12.6. The van der Waals surface area contributed by atoms with E-state index in [1.54, 1.807) is 0 Å². The van der Waals surface area contributed by atoms with Gasteiger partial charge in [0.25, 0.3) is 5.91 Å². The predicted molar refractivity (Wildman–Crippen MR) is 107 cm³/mol. The molecule has 31 heavy (non-hydrogen) atoms. The SMILES string of the molecule is O=C(Nc1ccc(OC(F)(F)F)cc1)c1ccc(Cl)c(S(=O)(=O)NCC2CCCO2)c1. The first-order valence-corrected chi connectivity index (χ1v) is 11.0. The highest BCUT2D eigenvalue weighted by Gasteiger charge is 2.31. The Kier molecular flexibility index (Phi) is 7.10. The Balaban J connectivity index is 1.70. The molecule has 1 saturated heterocycles. The number of ether oxygens (including phenoxy) is 2. The third-order valence-corrected chi connectivity index (χ3v) is 6.26. The number of hydrogen-bond donors (Lipinski definition) is 2. The van der Waals surface area contributed by atoms with E-state index >= 15 is 0 Å². The van der Waals surface area contributed by atoms with Crippen molar-refractivity contribution < 1.29 is 35.9 Å². The molecular formula is C19H18ClF3N2O5S. The molecule has 12 heteroatoms. The Hall–Kier alpha value is -2.34. The number of carbonyl (C=O) groups is 1. The van der Waals surface area contributed by atoms with E-state index in [1.165, 1.54) is 24.3 Å². The fourth-order valence-corrected chi connectivity index (χ4v) is 4.47. The summed E-state index contributed by atoms with van der Waals surface area (Å²) in [5, 5.41) is 2.40. The molecule has 0 aromatic heterocycles. The van der Waals surface area contributed by atoms with Crippen molar-refractivity contribution in [3.63, 3.8) is 0 Å². The number of hydrogen-bond acceptors (Lipinski definition) is 5. The van der Waals surface area contributed by atoms with Crippen molar-refractivity contribution >= 4 is 33.2 Å². The minimum Gasteiger partial charge on any atom is -0.406 e. The van der Waals surface area contributed by atoms with Gasteiger partial charge in [0.1, 0.15) is 10.6 Å². The highest BCUT2D eigenvalue weighted by molar-refractivity contribution is 7.89. The van der Waals surface area contributed by atoms with Crippen LogP contribution in [0.5, 0.6) is 5.75 Å². The third kappa shape index (κ3) is 6.57. The molecule has 1 amide bonds. The smallest absolute Gasteiger partial charge is 0.406 e. The topological polar surface area (TPSA) is 93.7 Å². The molecular weight excluding hydrogens is 461 g/mol. The van der Waals surface area contributed by atoms with Gasteiger partial charge in [-0.15, -0.1) is 13.2 Å². The molecule has 0 aliphatic carbocycles. The van der Waals surface area contributed by atoms with Crippen LogP contribution in [0.25, 0.3) is 0 Å². The highest BCUT2D eigenvalue weighted by Crippen LogP contribution is 2.26. The van der Waals surface area contributed by atoms with Gasteiger partial charge >= 0.3 is 6.36 Å². The summed E-state index contributed by atoms with van der Waals surface area (Å²) in [7, 11) is -4.00. The van der Waals surface area contributed by atoms with E-state index < -0.39 is 28.0 Å². The first-order chi connectivity index (χ1) is 14.5. The van der Waals surface area contributed by atoms with E-state index in [0.29, 0.717) is 6.61 Å². The Morgan fingerprint density at radius 1 is 1.19 bits per heavy atom. The number of alkyl halides is 3. The second-order valence-electron chi connectivity index (χ2n) is 6.66. The van der Waals surface area contributed by atoms with Crippen molar-refractivity contribution in [2.45, 2.75) is 30.2 Å². The molecule has 1 aliphatic rings. The molecule has 2 aromatic rings. The molecule has 1 heterocycles. The second-order valence-corrected chi connectivity index (χ2v) is 8.80. The van der Waals surface area contributed by atoms with E-state index in [0.717, 1.165) is 31.0 Å². The Morgan fingerprint density at radius 3 is 2.52 bits per heavy atom. The fraction of sp³-hybridized carbons (Fsp3) is 0.316. The monoisotopic (exact) mass is 478 g/mol. The van der Waals surface area contributed by atoms with Gasteiger partial charge < -0.3 is 14.8 Å². The zero-order valence-electron chi connectivity index (χ0n) is 15.9. The maximum atomic E-state index is 12.6. The molecule has 0 spiro atoms. The van der Waals surface area contributed by atoms with Crippen LogP contribution in [0, 0.1) is 0 Å². The van der Waals surface area contributed by atoms with E-state index in [-0.39, 0.29) is 33.8 Å². The summed E-state index contributed by atoms with van der Waals surface area (Å²) in [6.07, 6.45) is -3.45. The van der Waals surface area contributed by atoms with Crippen LogP contribution in [0.2, 0.25) is 5.02 Å². The van der Waals surface area contributed by atoms with E-state index in [1.807, 2.05) is 0 Å². The lowest BCUT2D eigenvalue weighted by Gasteiger charge is -2.13. The van der Waals surface area contributed by atoms with Gasteiger partial charge in [0.05, 0.1) is 11.1 Å². The van der Waals surface area contributed by atoms with Crippen LogP contribution in [0.4, 0.5) is 18.9 Å². The van der Waals surface area contributed by atoms with Crippen LogP contribution in [0.1, 0.15) is 23.2 Å². The van der Waals surface area contributed by atoms with Crippen molar-refractivity contribution in [3.05, 3.63) is 53.1 Å². The fourth-order valence-electron chi connectivity index (χ4n) is 2.88. The molecule has 168 valence electrons. The number of anilines is 1. The van der Waals surface area contributed by atoms with Crippen LogP contribution in [-0.2, 0) is 14.8 Å². The molecule has 1 atom stereocenters. The summed E-state index contributed by atoms with van der Waals surface area (Å²) in [5.74, 6) is -1.11. The van der Waals surface area contributed by atoms with Gasteiger partial charge in [-0.1, -0.05) is 11.6 Å². The van der Waals surface area contributed by atoms with Gasteiger partial charge in [-0.3, -0.25) is 4.79 Å². The van der Waals surface area contributed by atoms with Crippen molar-refractivity contribution in [2.75, 3.05) is 18.5 Å². The van der Waals surface area contributed by atoms with E-state index in [9.17, 15) is 26.4 Å². The summed E-state index contributed by atoms with van der Waals surface area (Å²) in [6, 6.07) is 8.24. The first kappa shape index (κ1) is 23.3. The van der Waals surface area contributed by atoms with Crippen molar-refractivity contribution in [3.8, 4) is 5.75 Å². The lowest BCUT2D eigenvalue weighted by Crippen LogP contribution is -2.32. The van der Waals surface area contributed by atoms with Gasteiger partial charge in [0, 0.05) is 24.4 Å². The summed E-state index contributed by atoms with van der Waals surface area (Å²) in [5.41, 5.74) is 0.188. The van der Waals surface area contributed by atoms with Gasteiger partial charge in [-0.2, -0.15) is 0 Å². The van der Waals surface area contributed by atoms with E-state index in [2.05, 4.69) is 14.8 Å². The third-order valence-electron chi connectivity index (χ3n) is 4.35. The Labute approximate surface area is 181 Å². The molecule has 2 N–H and O–H groups in total. The second kappa shape index (κ2) is 9.43. The molecule has 2 aromatic carbocycles. The van der Waals surface area contributed by atoms with Gasteiger partial charge in [-0.25, -0.2) is 13.1 Å². The van der Waals surface area contributed by atoms with Gasteiger partial charge in [0.2, 0.25) is 10.0 Å². The summed E-state index contributed by atoms with van der Waals surface area (Å²) in [4.78, 5) is 12.2. The molecule has 1 aliphatic heterocycles. The van der Waals surface area contributed by atoms with Crippen molar-refractivity contribution in [1.82, 2.24) is 4.72 Å². The lowest BCUT2D eigenvalue weighted by molar-refractivity contribution is -0.274. The average molecular weight is 479 g/mol. The first-order valence-electron chi connectivity index (χ1n) is 9.11. The number of benzene rings is 2. The van der Waals surface area contributed by atoms with Gasteiger partial charge in [0.15, 0.2) is 0 Å². The van der Waals surface area contributed by atoms with Crippen LogP contribution in [-0.4, -0.2) is 39.9 Å². The number of rotatable bonds is 7. The van der Waals surface area contributed by atoms with Crippen LogP contribution in [0.15, 0.2) is 47.4 Å². The van der Waals surface area contributed by atoms with Crippen LogP contribution in [0.3, 0.4) is 0 Å². The largest absolute Gasteiger partial charge is 0.573 e. The average Bonchev–Trinajstić information content (AvgIpc) is 3.21. The molecule has 0 radical (unpaired) electrons. The molecule has 1 fully saturated rings. The molecule has 3 rings (SSSR count). The Bertz CT molecular complexity index is 1040. The number of amides is 1. The zero-order chi connectivity index (χ0) is 22.6. The van der Waals surface area contributed by atoms with Gasteiger partial charge in [-0.05, 0) is 55.3 Å². The lowest BCUT2D eigenvalue weighted by atomic mass is 10.2. The maximum Gasteiger partial charge on any atom is 0.573 e. The molecule has 0 bridgehead atoms. The zero-order valence-corrected chi connectivity index (χ0v) is 17.5. The minimum absolute atomic E-state index is 0.00231. The number of nitrogens with one attached hydrogen (secondary N) is 2. The van der Waals surface area contributed by atoms with Crippen molar-refractivity contribution in [1.29, 1.82) is 0 Å². The van der Waals surface area contributed by atoms with Crippen LogP contribution < -0.4 is 14.8 Å². The van der Waals surface area contributed by atoms with Crippen LogP contribution >= 0.6 is 11.6 Å². The number of carbonyl (C=O) groups excluding carboxylic acids is 1. The minimum atomic E-state index is -4.83. The van der Waals surface area contributed by atoms with E-state index in [4.69, 9.17) is 16.3 Å². The standard InChI is InChI=1S/C19H18ClF3N2O5S/c20-16-8-3-12(10-17(16)31(27,28)24-11-15-2-1-9-29-15)18(26)25-13-4-6-14(7-5-13)30-19(21,22)23/h3-8,10,15,24H,1-2,9,11H2,(H,25,26). The molecule has 0 saturated carbocycles. The molecule has 7 nitrogen and oxygen atoms in total. The summed E-state index contributed by atoms with van der Waals surface area (Å²) < 4.78 is 73.4. The quantitative estimate of drug-likeness (QED) is 0.628. The predicted octanol–water partition coefficient (Wildman–Crippen LogP) is 3.95. The normalized spacial score (nSPS) is 16.8. The Morgan fingerprint density at radius 2 is 1.90 bits per heavy atom. The summed E-state index contributed by atoms with van der Waals surface area (Å²) in [6.45, 7) is 0.660. The number of sulfonamides is 1.